The average Bonchev–Trinajstić information content (AvgIpc) is 2.47. The van der Waals surface area contributed by atoms with Crippen LogP contribution in [-0.4, -0.2) is 19.6 Å². The van der Waals surface area contributed by atoms with E-state index in [1.807, 2.05) is 24.3 Å². The summed E-state index contributed by atoms with van der Waals surface area (Å²) in [7, 11) is 1.63. The van der Waals surface area contributed by atoms with Gasteiger partial charge in [-0.1, -0.05) is 35.9 Å². The molecule has 1 amide bonds. The second kappa shape index (κ2) is 7.67. The van der Waals surface area contributed by atoms with Crippen molar-refractivity contribution in [1.29, 1.82) is 0 Å². The summed E-state index contributed by atoms with van der Waals surface area (Å²) in [5.74, 6) is 0.687. The van der Waals surface area contributed by atoms with Crippen molar-refractivity contribution in [2.24, 2.45) is 0 Å². The van der Waals surface area contributed by atoms with E-state index in [0.717, 1.165) is 11.3 Å². The number of carbonyl (C=O) groups is 1. The summed E-state index contributed by atoms with van der Waals surface area (Å²) in [6.45, 7) is 0.775. The maximum absolute atomic E-state index is 11.8. The molecule has 0 saturated heterocycles. The molecule has 0 aromatic heterocycles. The molecule has 4 nitrogen and oxygen atoms in total. The van der Waals surface area contributed by atoms with Gasteiger partial charge >= 0.3 is 0 Å². The van der Waals surface area contributed by atoms with E-state index in [0.29, 0.717) is 17.3 Å². The zero-order chi connectivity index (χ0) is 15.1. The zero-order valence-electron chi connectivity index (χ0n) is 11.7. The lowest BCUT2D eigenvalue weighted by atomic mass is 10.2. The maximum atomic E-state index is 11.8. The second-order valence-electron chi connectivity index (χ2n) is 4.47. The van der Waals surface area contributed by atoms with Gasteiger partial charge in [-0.3, -0.25) is 4.79 Å². The van der Waals surface area contributed by atoms with E-state index in [2.05, 4.69) is 10.6 Å². The first-order chi connectivity index (χ1) is 10.2. The van der Waals surface area contributed by atoms with Crippen molar-refractivity contribution in [3.05, 3.63) is 59.1 Å². The Morgan fingerprint density at radius 2 is 2.00 bits per heavy atom. The molecule has 2 aromatic rings. The first kappa shape index (κ1) is 15.4. The van der Waals surface area contributed by atoms with Gasteiger partial charge in [-0.2, -0.15) is 0 Å². The van der Waals surface area contributed by atoms with Gasteiger partial charge in [0.05, 0.1) is 13.7 Å². The monoisotopic (exact) mass is 304 g/mol. The molecule has 0 bridgehead atoms. The van der Waals surface area contributed by atoms with Crippen molar-refractivity contribution in [2.45, 2.75) is 6.54 Å². The molecule has 0 fully saturated rings. The number of amides is 1. The zero-order valence-corrected chi connectivity index (χ0v) is 12.5. The molecule has 0 spiro atoms. The molecule has 0 aliphatic carbocycles. The van der Waals surface area contributed by atoms with Crippen LogP contribution in [0.1, 0.15) is 5.56 Å². The molecule has 0 atom stereocenters. The molecule has 2 aromatic carbocycles. The molecule has 0 unspecified atom stereocenters. The predicted molar refractivity (Wildman–Crippen MR) is 84.8 cm³/mol. The standard InChI is InChI=1S/C16H17ClN2O2/c1-21-15-8-3-2-5-12(15)10-18-11-16(20)19-14-7-4-6-13(17)9-14/h2-9,18H,10-11H2,1H3,(H,19,20). The largest absolute Gasteiger partial charge is 0.496 e. The third-order valence-corrected chi connectivity index (χ3v) is 3.14. The van der Waals surface area contributed by atoms with E-state index in [-0.39, 0.29) is 12.5 Å². The Morgan fingerprint density at radius 1 is 1.19 bits per heavy atom. The van der Waals surface area contributed by atoms with Gasteiger partial charge in [-0.15, -0.1) is 0 Å². The van der Waals surface area contributed by atoms with Crippen LogP contribution in [0.15, 0.2) is 48.5 Å². The fourth-order valence-corrected chi connectivity index (χ4v) is 2.12. The summed E-state index contributed by atoms with van der Waals surface area (Å²) >= 11 is 5.87. The fourth-order valence-electron chi connectivity index (χ4n) is 1.93. The Hall–Kier alpha value is -2.04. The molecule has 0 aliphatic rings. The molecule has 110 valence electrons. The van der Waals surface area contributed by atoms with Gasteiger partial charge in [0.1, 0.15) is 5.75 Å². The number of methoxy groups -OCH3 is 1. The maximum Gasteiger partial charge on any atom is 0.238 e. The molecule has 5 heteroatoms. The minimum atomic E-state index is -0.118. The summed E-state index contributed by atoms with van der Waals surface area (Å²) in [5, 5.41) is 6.46. The number of carbonyl (C=O) groups excluding carboxylic acids is 1. The quantitative estimate of drug-likeness (QED) is 0.862. The second-order valence-corrected chi connectivity index (χ2v) is 4.91. The Bertz CT molecular complexity index is 617. The van der Waals surface area contributed by atoms with Crippen molar-refractivity contribution >= 4 is 23.2 Å². The van der Waals surface area contributed by atoms with E-state index < -0.39 is 0 Å². The van der Waals surface area contributed by atoms with Gasteiger partial charge in [0.2, 0.25) is 5.91 Å². The highest BCUT2D eigenvalue weighted by atomic mass is 35.5. The first-order valence-electron chi connectivity index (χ1n) is 6.57. The molecule has 21 heavy (non-hydrogen) atoms. The lowest BCUT2D eigenvalue weighted by Gasteiger charge is -2.10. The summed E-state index contributed by atoms with van der Waals surface area (Å²) in [6.07, 6.45) is 0. The minimum absolute atomic E-state index is 0.118. The van der Waals surface area contributed by atoms with Crippen molar-refractivity contribution < 1.29 is 9.53 Å². The van der Waals surface area contributed by atoms with E-state index in [4.69, 9.17) is 16.3 Å². The van der Waals surface area contributed by atoms with E-state index in [1.54, 1.807) is 31.4 Å². The SMILES string of the molecule is COc1ccccc1CNCC(=O)Nc1cccc(Cl)c1. The summed E-state index contributed by atoms with van der Waals surface area (Å²) < 4.78 is 5.26. The molecule has 0 aliphatic heterocycles. The number of hydrogen-bond acceptors (Lipinski definition) is 3. The van der Waals surface area contributed by atoms with Crippen LogP contribution in [0.5, 0.6) is 5.75 Å². The Morgan fingerprint density at radius 3 is 2.76 bits per heavy atom. The number of ether oxygens (including phenoxy) is 1. The van der Waals surface area contributed by atoms with Crippen LogP contribution in [0.4, 0.5) is 5.69 Å². The van der Waals surface area contributed by atoms with Crippen molar-refractivity contribution in [1.82, 2.24) is 5.32 Å². The van der Waals surface area contributed by atoms with Gasteiger partial charge in [0.25, 0.3) is 0 Å². The molecule has 0 heterocycles. The lowest BCUT2D eigenvalue weighted by molar-refractivity contribution is -0.115. The van der Waals surface area contributed by atoms with Gasteiger partial charge in [-0.05, 0) is 24.3 Å². The number of para-hydroxylation sites is 1. The van der Waals surface area contributed by atoms with Crippen LogP contribution >= 0.6 is 11.6 Å². The van der Waals surface area contributed by atoms with Crippen molar-refractivity contribution in [3.8, 4) is 5.75 Å². The molecule has 2 N–H and O–H groups in total. The van der Waals surface area contributed by atoms with Crippen LogP contribution in [0.2, 0.25) is 5.02 Å². The number of halogens is 1. The number of hydrogen-bond donors (Lipinski definition) is 2. The number of nitrogens with one attached hydrogen (secondary N) is 2. The Kier molecular flexibility index (Phi) is 5.60. The summed E-state index contributed by atoms with van der Waals surface area (Å²) in [6, 6.07) is 14.8. The lowest BCUT2D eigenvalue weighted by Crippen LogP contribution is -2.27. The highest BCUT2D eigenvalue weighted by Gasteiger charge is 2.04. The molecular weight excluding hydrogens is 288 g/mol. The van der Waals surface area contributed by atoms with Crippen molar-refractivity contribution in [2.75, 3.05) is 19.0 Å². The van der Waals surface area contributed by atoms with Crippen LogP contribution in [0.3, 0.4) is 0 Å². The molecular formula is C16H17ClN2O2. The fraction of sp³-hybridized carbons (Fsp3) is 0.188. The molecule has 2 rings (SSSR count). The van der Waals surface area contributed by atoms with Gasteiger partial charge in [-0.25, -0.2) is 0 Å². The summed E-state index contributed by atoms with van der Waals surface area (Å²) in [4.78, 5) is 11.8. The minimum Gasteiger partial charge on any atom is -0.496 e. The molecule has 0 radical (unpaired) electrons. The normalized spacial score (nSPS) is 10.2. The van der Waals surface area contributed by atoms with Crippen LogP contribution in [0.25, 0.3) is 0 Å². The number of anilines is 1. The highest BCUT2D eigenvalue weighted by Crippen LogP contribution is 2.17. The summed E-state index contributed by atoms with van der Waals surface area (Å²) in [5.41, 5.74) is 1.70. The molecule has 0 saturated carbocycles. The third kappa shape index (κ3) is 4.77. The van der Waals surface area contributed by atoms with E-state index in [1.165, 1.54) is 0 Å². The van der Waals surface area contributed by atoms with Crippen LogP contribution in [0, 0.1) is 0 Å². The third-order valence-electron chi connectivity index (χ3n) is 2.90. The Balaban J connectivity index is 1.82. The van der Waals surface area contributed by atoms with E-state index in [9.17, 15) is 4.79 Å². The Labute approximate surface area is 129 Å². The highest BCUT2D eigenvalue weighted by molar-refractivity contribution is 6.30. The van der Waals surface area contributed by atoms with E-state index >= 15 is 0 Å². The average molecular weight is 305 g/mol. The van der Waals surface area contributed by atoms with Crippen LogP contribution < -0.4 is 15.4 Å². The number of benzene rings is 2. The predicted octanol–water partition coefficient (Wildman–Crippen LogP) is 3.08. The topological polar surface area (TPSA) is 50.4 Å². The smallest absolute Gasteiger partial charge is 0.238 e. The van der Waals surface area contributed by atoms with Gasteiger partial charge in [0, 0.05) is 22.8 Å². The number of rotatable bonds is 6. The van der Waals surface area contributed by atoms with Crippen LogP contribution in [-0.2, 0) is 11.3 Å². The van der Waals surface area contributed by atoms with Crippen molar-refractivity contribution in [3.63, 3.8) is 0 Å². The van der Waals surface area contributed by atoms with Gasteiger partial charge < -0.3 is 15.4 Å². The van der Waals surface area contributed by atoms with Gasteiger partial charge in [0.15, 0.2) is 0 Å². The first-order valence-corrected chi connectivity index (χ1v) is 6.95.